The summed E-state index contributed by atoms with van der Waals surface area (Å²) in [5.74, 6) is -0.423. The molecular formula is C11H22N2O2. The van der Waals surface area contributed by atoms with E-state index in [1.165, 1.54) is 0 Å². The van der Waals surface area contributed by atoms with Crippen LogP contribution in [0.3, 0.4) is 0 Å². The summed E-state index contributed by atoms with van der Waals surface area (Å²) in [7, 11) is 0. The molecule has 4 N–H and O–H groups in total. The van der Waals surface area contributed by atoms with Crippen LogP contribution in [0.4, 0.5) is 0 Å². The lowest BCUT2D eigenvalue weighted by atomic mass is 9.71. The zero-order valence-corrected chi connectivity index (χ0v) is 9.71. The molecule has 0 spiro atoms. The summed E-state index contributed by atoms with van der Waals surface area (Å²) in [4.78, 5) is 10.7. The van der Waals surface area contributed by atoms with Crippen LogP contribution in [0.25, 0.3) is 0 Å². The summed E-state index contributed by atoms with van der Waals surface area (Å²) in [6.45, 7) is 4.96. The molecule has 0 atom stereocenters. The average Bonchev–Trinajstić information content (AvgIpc) is 2.17. The van der Waals surface area contributed by atoms with E-state index in [2.05, 4.69) is 13.8 Å². The summed E-state index contributed by atoms with van der Waals surface area (Å²) in [6, 6.07) is 0. The van der Waals surface area contributed by atoms with Gasteiger partial charge in [0.05, 0.1) is 5.60 Å². The van der Waals surface area contributed by atoms with E-state index in [0.29, 0.717) is 12.0 Å². The molecule has 0 bridgehead atoms. The van der Waals surface area contributed by atoms with Crippen molar-refractivity contribution in [3.05, 3.63) is 0 Å². The molecule has 1 amide bonds. The lowest BCUT2D eigenvalue weighted by Gasteiger charge is -2.42. The quantitative estimate of drug-likeness (QED) is 0.726. The molecule has 1 rings (SSSR count). The molecule has 0 unspecified atom stereocenters. The molecule has 0 radical (unpaired) electrons. The Kier molecular flexibility index (Phi) is 3.73. The summed E-state index contributed by atoms with van der Waals surface area (Å²) in [5, 5.41) is 0. The van der Waals surface area contributed by atoms with Crippen LogP contribution in [0.2, 0.25) is 0 Å². The van der Waals surface area contributed by atoms with Crippen molar-refractivity contribution in [1.82, 2.24) is 0 Å². The number of hydrogen-bond acceptors (Lipinski definition) is 3. The topological polar surface area (TPSA) is 78.3 Å². The van der Waals surface area contributed by atoms with Crippen LogP contribution in [0, 0.1) is 5.41 Å². The summed E-state index contributed by atoms with van der Waals surface area (Å²) in [6.07, 6.45) is 4.01. The highest BCUT2D eigenvalue weighted by atomic mass is 16.5. The van der Waals surface area contributed by atoms with Crippen LogP contribution < -0.4 is 11.5 Å². The van der Waals surface area contributed by atoms with Crippen LogP contribution in [0.1, 0.15) is 39.5 Å². The lowest BCUT2D eigenvalue weighted by molar-refractivity contribution is -0.134. The Morgan fingerprint density at radius 3 is 2.20 bits per heavy atom. The number of carbonyl (C=O) groups excluding carboxylic acids is 1. The normalized spacial score (nSPS) is 23.7. The van der Waals surface area contributed by atoms with E-state index in [1.807, 2.05) is 0 Å². The summed E-state index contributed by atoms with van der Waals surface area (Å²) >= 11 is 0. The number of nitrogens with two attached hydrogens (primary N) is 2. The van der Waals surface area contributed by atoms with Crippen LogP contribution in [-0.4, -0.2) is 24.7 Å². The third-order valence-corrected chi connectivity index (χ3v) is 3.41. The first-order valence-corrected chi connectivity index (χ1v) is 5.52. The Morgan fingerprint density at radius 2 is 1.80 bits per heavy atom. The molecule has 0 aromatic heterocycles. The van der Waals surface area contributed by atoms with Gasteiger partial charge in [0.25, 0.3) is 0 Å². The van der Waals surface area contributed by atoms with E-state index < -0.39 is 5.91 Å². The first-order valence-electron chi connectivity index (χ1n) is 5.52. The van der Waals surface area contributed by atoms with Gasteiger partial charge in [0.2, 0.25) is 5.91 Å². The number of primary amides is 1. The number of rotatable bonds is 4. The lowest BCUT2D eigenvalue weighted by Crippen LogP contribution is -2.47. The molecule has 15 heavy (non-hydrogen) atoms. The molecule has 4 heteroatoms. The van der Waals surface area contributed by atoms with Crippen molar-refractivity contribution in [2.75, 3.05) is 13.2 Å². The van der Waals surface area contributed by atoms with Gasteiger partial charge in [0, 0.05) is 6.54 Å². The molecule has 0 heterocycles. The smallest absolute Gasteiger partial charge is 0.243 e. The number of amides is 1. The molecular weight excluding hydrogens is 192 g/mol. The van der Waals surface area contributed by atoms with Crippen LogP contribution in [0.15, 0.2) is 0 Å². The van der Waals surface area contributed by atoms with E-state index in [9.17, 15) is 4.79 Å². The molecule has 1 aliphatic carbocycles. The number of hydrogen-bond donors (Lipinski definition) is 2. The van der Waals surface area contributed by atoms with Gasteiger partial charge < -0.3 is 16.2 Å². The second-order valence-electron chi connectivity index (χ2n) is 5.31. The third kappa shape index (κ3) is 3.47. The van der Waals surface area contributed by atoms with Crippen molar-refractivity contribution < 1.29 is 9.53 Å². The Balaban J connectivity index is 2.52. The number of carbonyl (C=O) groups is 1. The van der Waals surface area contributed by atoms with Gasteiger partial charge in [0.1, 0.15) is 6.61 Å². The third-order valence-electron chi connectivity index (χ3n) is 3.41. The Bertz CT molecular complexity index is 229. The Hall–Kier alpha value is -0.610. The SMILES string of the molecule is CC1(C)CCC(CN)(OCC(N)=O)CC1. The average molecular weight is 214 g/mol. The van der Waals surface area contributed by atoms with Crippen molar-refractivity contribution in [3.8, 4) is 0 Å². The zero-order valence-electron chi connectivity index (χ0n) is 9.71. The van der Waals surface area contributed by atoms with Gasteiger partial charge in [-0.25, -0.2) is 0 Å². The van der Waals surface area contributed by atoms with Gasteiger partial charge in [-0.3, -0.25) is 4.79 Å². The minimum Gasteiger partial charge on any atom is -0.368 e. The first-order chi connectivity index (χ1) is 6.89. The highest BCUT2D eigenvalue weighted by molar-refractivity contribution is 5.75. The number of ether oxygens (including phenoxy) is 1. The molecule has 1 fully saturated rings. The fourth-order valence-electron chi connectivity index (χ4n) is 2.01. The van der Waals surface area contributed by atoms with Gasteiger partial charge in [-0.2, -0.15) is 0 Å². The molecule has 0 aromatic rings. The Labute approximate surface area is 91.3 Å². The second-order valence-corrected chi connectivity index (χ2v) is 5.31. The monoisotopic (exact) mass is 214 g/mol. The maximum absolute atomic E-state index is 10.7. The van der Waals surface area contributed by atoms with E-state index in [0.717, 1.165) is 25.7 Å². The van der Waals surface area contributed by atoms with E-state index in [4.69, 9.17) is 16.2 Å². The minimum absolute atomic E-state index is 0.0162. The highest BCUT2D eigenvalue weighted by Gasteiger charge is 2.38. The van der Waals surface area contributed by atoms with Crippen molar-refractivity contribution in [2.45, 2.75) is 45.1 Å². The summed E-state index contributed by atoms with van der Waals surface area (Å²) in [5.41, 5.74) is 10.9. The van der Waals surface area contributed by atoms with Crippen molar-refractivity contribution in [3.63, 3.8) is 0 Å². The molecule has 1 saturated carbocycles. The molecule has 1 aliphatic rings. The van der Waals surface area contributed by atoms with Crippen LogP contribution in [0.5, 0.6) is 0 Å². The van der Waals surface area contributed by atoms with Crippen molar-refractivity contribution in [2.24, 2.45) is 16.9 Å². The van der Waals surface area contributed by atoms with Gasteiger partial charge in [-0.15, -0.1) is 0 Å². The molecule has 0 aromatic carbocycles. The van der Waals surface area contributed by atoms with Crippen molar-refractivity contribution in [1.29, 1.82) is 0 Å². The molecule has 0 saturated heterocycles. The fourth-order valence-corrected chi connectivity index (χ4v) is 2.01. The maximum Gasteiger partial charge on any atom is 0.243 e. The fraction of sp³-hybridized carbons (Fsp3) is 0.909. The molecule has 4 nitrogen and oxygen atoms in total. The van der Waals surface area contributed by atoms with Crippen LogP contribution in [-0.2, 0) is 9.53 Å². The van der Waals surface area contributed by atoms with Gasteiger partial charge in [-0.05, 0) is 31.1 Å². The largest absolute Gasteiger partial charge is 0.368 e. The van der Waals surface area contributed by atoms with Gasteiger partial charge in [0.15, 0.2) is 0 Å². The second kappa shape index (κ2) is 4.49. The molecule has 88 valence electrons. The maximum atomic E-state index is 10.7. The van der Waals surface area contributed by atoms with Crippen molar-refractivity contribution >= 4 is 5.91 Å². The minimum atomic E-state index is -0.423. The van der Waals surface area contributed by atoms with Gasteiger partial charge in [-0.1, -0.05) is 13.8 Å². The van der Waals surface area contributed by atoms with Crippen LogP contribution >= 0.6 is 0 Å². The zero-order chi connectivity index (χ0) is 11.5. The first kappa shape index (κ1) is 12.5. The highest BCUT2D eigenvalue weighted by Crippen LogP contribution is 2.41. The van der Waals surface area contributed by atoms with E-state index in [1.54, 1.807) is 0 Å². The predicted molar refractivity (Wildman–Crippen MR) is 59.2 cm³/mol. The van der Waals surface area contributed by atoms with E-state index >= 15 is 0 Å². The summed E-state index contributed by atoms with van der Waals surface area (Å²) < 4.78 is 5.57. The predicted octanol–water partition coefficient (Wildman–Crippen LogP) is 0.786. The van der Waals surface area contributed by atoms with E-state index in [-0.39, 0.29) is 12.2 Å². The Morgan fingerprint density at radius 1 is 1.27 bits per heavy atom. The van der Waals surface area contributed by atoms with Gasteiger partial charge >= 0.3 is 0 Å². The molecule has 0 aliphatic heterocycles. The standard InChI is InChI=1S/C11H22N2O2/c1-10(2)3-5-11(8-12,6-4-10)15-7-9(13)14/h3-8,12H2,1-2H3,(H2,13,14).